The van der Waals surface area contributed by atoms with Crippen molar-refractivity contribution in [2.24, 2.45) is 0 Å². The number of hydrogen-bond acceptors (Lipinski definition) is 4. The average molecular weight is 332 g/mol. The van der Waals surface area contributed by atoms with Gasteiger partial charge in [-0.05, 0) is 19.1 Å². The summed E-state index contributed by atoms with van der Waals surface area (Å²) >= 11 is 12.1. The summed E-state index contributed by atoms with van der Waals surface area (Å²) in [5.74, 6) is -0.122. The molecule has 7 heteroatoms. The van der Waals surface area contributed by atoms with Gasteiger partial charge < -0.3 is 15.8 Å². The molecule has 0 bridgehead atoms. The topological polar surface area (TPSA) is 67.6 Å². The Morgan fingerprint density at radius 1 is 1.48 bits per heavy atom. The third-order valence-corrected chi connectivity index (χ3v) is 3.91. The van der Waals surface area contributed by atoms with Crippen molar-refractivity contribution in [1.29, 1.82) is 0 Å². The van der Waals surface area contributed by atoms with Crippen molar-refractivity contribution in [3.8, 4) is 0 Å². The summed E-state index contributed by atoms with van der Waals surface area (Å²) in [6.07, 6.45) is 0.590. The highest BCUT2D eigenvalue weighted by molar-refractivity contribution is 6.40. The lowest BCUT2D eigenvalue weighted by molar-refractivity contribution is -0.117. The van der Waals surface area contributed by atoms with Gasteiger partial charge in [0.25, 0.3) is 0 Å². The molecule has 0 saturated carbocycles. The second kappa shape index (κ2) is 7.31. The minimum absolute atomic E-state index is 0.122. The monoisotopic (exact) mass is 331 g/mol. The molecule has 0 radical (unpaired) electrons. The lowest BCUT2D eigenvalue weighted by atomic mass is 10.2. The van der Waals surface area contributed by atoms with Gasteiger partial charge in [0.2, 0.25) is 5.91 Å². The third kappa shape index (κ3) is 4.74. The van der Waals surface area contributed by atoms with Crippen molar-refractivity contribution in [1.82, 2.24) is 4.90 Å². The molecule has 1 heterocycles. The van der Waals surface area contributed by atoms with Crippen molar-refractivity contribution in [2.75, 3.05) is 37.3 Å². The predicted octanol–water partition coefficient (Wildman–Crippen LogP) is 2.62. The van der Waals surface area contributed by atoms with Crippen molar-refractivity contribution in [2.45, 2.75) is 19.4 Å². The standard InChI is InChI=1S/C14H19Cl2N3O2/c1-9-8-19(4-5-21-9)3-2-13(20)18-14-11(15)6-10(17)7-12(14)16/h6-7,9H,2-5,8,17H2,1H3,(H,18,20). The SMILES string of the molecule is CC1CN(CCC(=O)Nc2c(Cl)cc(N)cc2Cl)CCO1. The fraction of sp³-hybridized carbons (Fsp3) is 0.500. The Labute approximate surface area is 134 Å². The van der Waals surface area contributed by atoms with E-state index in [2.05, 4.69) is 10.2 Å². The number of nitrogens with one attached hydrogen (secondary N) is 1. The van der Waals surface area contributed by atoms with Crippen LogP contribution in [0.3, 0.4) is 0 Å². The predicted molar refractivity (Wildman–Crippen MR) is 86.0 cm³/mol. The number of nitrogen functional groups attached to an aromatic ring is 1. The number of morpholine rings is 1. The van der Waals surface area contributed by atoms with Crippen LogP contribution in [0.4, 0.5) is 11.4 Å². The number of carbonyl (C=O) groups is 1. The number of ether oxygens (including phenoxy) is 1. The van der Waals surface area contributed by atoms with E-state index in [1.807, 2.05) is 6.92 Å². The Morgan fingerprint density at radius 3 is 2.76 bits per heavy atom. The molecule has 1 saturated heterocycles. The van der Waals surface area contributed by atoms with E-state index in [-0.39, 0.29) is 12.0 Å². The molecule has 5 nitrogen and oxygen atoms in total. The van der Waals surface area contributed by atoms with E-state index in [0.29, 0.717) is 41.0 Å². The summed E-state index contributed by atoms with van der Waals surface area (Å²) in [5.41, 5.74) is 6.50. The van der Waals surface area contributed by atoms with Gasteiger partial charge in [0.15, 0.2) is 0 Å². The summed E-state index contributed by atoms with van der Waals surface area (Å²) in [7, 11) is 0. The van der Waals surface area contributed by atoms with Crippen LogP contribution >= 0.6 is 23.2 Å². The van der Waals surface area contributed by atoms with E-state index in [1.54, 1.807) is 12.1 Å². The maximum absolute atomic E-state index is 12.0. The first-order valence-corrected chi connectivity index (χ1v) is 7.59. The van der Waals surface area contributed by atoms with Crippen molar-refractivity contribution in [3.05, 3.63) is 22.2 Å². The number of rotatable bonds is 4. The molecule has 1 aliphatic heterocycles. The Kier molecular flexibility index (Phi) is 5.70. The number of nitrogens with two attached hydrogens (primary N) is 1. The van der Waals surface area contributed by atoms with Gasteiger partial charge in [0, 0.05) is 31.7 Å². The van der Waals surface area contributed by atoms with Crippen LogP contribution in [0.25, 0.3) is 0 Å². The zero-order valence-corrected chi connectivity index (χ0v) is 13.4. The van der Waals surface area contributed by atoms with E-state index in [1.165, 1.54) is 0 Å². The minimum atomic E-state index is -0.122. The smallest absolute Gasteiger partial charge is 0.225 e. The molecule has 1 aliphatic rings. The molecule has 1 aromatic carbocycles. The van der Waals surface area contributed by atoms with Crippen LogP contribution in [0, 0.1) is 0 Å². The summed E-state index contributed by atoms with van der Waals surface area (Å²) in [5, 5.41) is 3.42. The van der Waals surface area contributed by atoms with Gasteiger partial charge in [-0.2, -0.15) is 0 Å². The van der Waals surface area contributed by atoms with E-state index >= 15 is 0 Å². The van der Waals surface area contributed by atoms with E-state index in [9.17, 15) is 4.79 Å². The second-order valence-corrected chi connectivity index (χ2v) is 5.95. The molecule has 116 valence electrons. The number of hydrogen-bond donors (Lipinski definition) is 2. The number of nitrogens with zero attached hydrogens (tertiary/aromatic N) is 1. The van der Waals surface area contributed by atoms with Crippen molar-refractivity contribution < 1.29 is 9.53 Å². The number of carbonyl (C=O) groups excluding carboxylic acids is 1. The van der Waals surface area contributed by atoms with E-state index in [4.69, 9.17) is 33.7 Å². The van der Waals surface area contributed by atoms with Gasteiger partial charge in [-0.15, -0.1) is 0 Å². The highest BCUT2D eigenvalue weighted by Crippen LogP contribution is 2.32. The van der Waals surface area contributed by atoms with Crippen LogP contribution in [-0.4, -0.2) is 43.2 Å². The lowest BCUT2D eigenvalue weighted by Crippen LogP contribution is -2.42. The quantitative estimate of drug-likeness (QED) is 0.832. The van der Waals surface area contributed by atoms with Gasteiger partial charge in [-0.25, -0.2) is 0 Å². The molecule has 2 rings (SSSR count). The first-order chi connectivity index (χ1) is 9.95. The Hall–Kier alpha value is -1.01. The van der Waals surface area contributed by atoms with Gasteiger partial charge in [-0.1, -0.05) is 23.2 Å². The summed E-state index contributed by atoms with van der Waals surface area (Å²) in [6, 6.07) is 3.12. The molecule has 21 heavy (non-hydrogen) atoms. The van der Waals surface area contributed by atoms with E-state index < -0.39 is 0 Å². The molecule has 1 fully saturated rings. The first-order valence-electron chi connectivity index (χ1n) is 6.84. The Bertz CT molecular complexity index is 502. The molecule has 0 aliphatic carbocycles. The fourth-order valence-electron chi connectivity index (χ4n) is 2.27. The van der Waals surface area contributed by atoms with Crippen LogP contribution in [0.15, 0.2) is 12.1 Å². The highest BCUT2D eigenvalue weighted by Gasteiger charge is 2.18. The molecule has 0 aromatic heterocycles. The van der Waals surface area contributed by atoms with Crippen LogP contribution in [0.2, 0.25) is 10.0 Å². The lowest BCUT2D eigenvalue weighted by Gasteiger charge is -2.30. The van der Waals surface area contributed by atoms with Gasteiger partial charge in [0.1, 0.15) is 0 Å². The molecule has 1 amide bonds. The number of halogens is 2. The van der Waals surface area contributed by atoms with Crippen LogP contribution < -0.4 is 11.1 Å². The number of amides is 1. The molecule has 1 unspecified atom stereocenters. The zero-order chi connectivity index (χ0) is 15.4. The zero-order valence-electron chi connectivity index (χ0n) is 11.9. The van der Waals surface area contributed by atoms with Crippen LogP contribution in [0.1, 0.15) is 13.3 Å². The maximum atomic E-state index is 12.0. The first kappa shape index (κ1) is 16.4. The van der Waals surface area contributed by atoms with Gasteiger partial charge in [0.05, 0.1) is 28.4 Å². The Balaban J connectivity index is 1.87. The minimum Gasteiger partial charge on any atom is -0.399 e. The number of benzene rings is 1. The number of anilines is 2. The molecule has 3 N–H and O–H groups in total. The summed E-state index contributed by atoms with van der Waals surface area (Å²) in [4.78, 5) is 14.2. The summed E-state index contributed by atoms with van der Waals surface area (Å²) < 4.78 is 5.46. The molecule has 1 aromatic rings. The highest BCUT2D eigenvalue weighted by atomic mass is 35.5. The molecular weight excluding hydrogens is 313 g/mol. The second-order valence-electron chi connectivity index (χ2n) is 5.14. The normalized spacial score (nSPS) is 19.5. The average Bonchev–Trinajstić information content (AvgIpc) is 2.40. The van der Waals surface area contributed by atoms with E-state index in [0.717, 1.165) is 13.1 Å². The van der Waals surface area contributed by atoms with Crippen LogP contribution in [-0.2, 0) is 9.53 Å². The van der Waals surface area contributed by atoms with Crippen molar-refractivity contribution >= 4 is 40.5 Å². The van der Waals surface area contributed by atoms with Gasteiger partial charge >= 0.3 is 0 Å². The van der Waals surface area contributed by atoms with Crippen molar-refractivity contribution in [3.63, 3.8) is 0 Å². The Morgan fingerprint density at radius 2 is 2.14 bits per heavy atom. The third-order valence-electron chi connectivity index (χ3n) is 3.31. The fourth-order valence-corrected chi connectivity index (χ4v) is 2.87. The molecular formula is C14H19Cl2N3O2. The largest absolute Gasteiger partial charge is 0.399 e. The molecule has 0 spiro atoms. The summed E-state index contributed by atoms with van der Waals surface area (Å²) in [6.45, 7) is 5.11. The molecule has 1 atom stereocenters. The maximum Gasteiger partial charge on any atom is 0.225 e. The van der Waals surface area contributed by atoms with Crippen LogP contribution in [0.5, 0.6) is 0 Å². The van der Waals surface area contributed by atoms with Gasteiger partial charge in [-0.3, -0.25) is 9.69 Å².